The van der Waals surface area contributed by atoms with E-state index in [1.807, 2.05) is 6.08 Å². The largest absolute Gasteiger partial charge is 0.394 e. The summed E-state index contributed by atoms with van der Waals surface area (Å²) in [4.78, 5) is 13.3. The lowest BCUT2D eigenvalue weighted by Crippen LogP contribution is -2.66. The van der Waals surface area contributed by atoms with Crippen LogP contribution in [0.1, 0.15) is 206 Å². The van der Waals surface area contributed by atoms with Gasteiger partial charge in [0.15, 0.2) is 18.9 Å². The molecule has 3 rings (SSSR count). The van der Waals surface area contributed by atoms with E-state index in [9.17, 15) is 61.0 Å². The minimum atomic E-state index is -1.98. The van der Waals surface area contributed by atoms with Gasteiger partial charge in [0, 0.05) is 6.42 Å². The summed E-state index contributed by atoms with van der Waals surface area (Å²) in [6.45, 7) is 1.68. The highest BCUT2D eigenvalue weighted by Crippen LogP contribution is 2.33. The van der Waals surface area contributed by atoms with Crippen LogP contribution >= 0.6 is 0 Å². The molecule has 0 aliphatic carbocycles. The zero-order valence-electron chi connectivity index (χ0n) is 46.9. The number of hydrogen-bond acceptors (Lipinski definition) is 18. The molecule has 3 fully saturated rings. The number of carbonyl (C=O) groups excluding carboxylic acids is 1. The van der Waals surface area contributed by atoms with Gasteiger partial charge < -0.3 is 89.9 Å². The van der Waals surface area contributed by atoms with E-state index in [-0.39, 0.29) is 18.9 Å². The number of aliphatic hydroxyl groups is 11. The van der Waals surface area contributed by atoms with Crippen molar-refractivity contribution >= 4 is 5.91 Å². The van der Waals surface area contributed by atoms with E-state index in [1.165, 1.54) is 135 Å². The fourth-order valence-corrected chi connectivity index (χ4v) is 10.2. The molecule has 0 spiro atoms. The van der Waals surface area contributed by atoms with Crippen molar-refractivity contribution < 1.29 is 89.4 Å². The highest BCUT2D eigenvalue weighted by Gasteiger charge is 2.53. The van der Waals surface area contributed by atoms with Crippen LogP contribution in [0, 0.1) is 0 Å². The summed E-state index contributed by atoms with van der Waals surface area (Å²) in [6.07, 6.45) is 16.2. The van der Waals surface area contributed by atoms with Crippen LogP contribution in [-0.2, 0) is 33.2 Å². The molecule has 3 saturated heterocycles. The van der Waals surface area contributed by atoms with Crippen molar-refractivity contribution in [3.05, 3.63) is 24.3 Å². The number of carbonyl (C=O) groups is 1. The van der Waals surface area contributed by atoms with E-state index >= 15 is 0 Å². The van der Waals surface area contributed by atoms with Gasteiger partial charge in [-0.3, -0.25) is 4.79 Å². The number of ether oxygens (including phenoxy) is 6. The Hall–Kier alpha value is -1.73. The molecule has 0 bridgehead atoms. The Kier molecular flexibility index (Phi) is 38.1. The number of nitrogens with one attached hydrogen (secondary N) is 1. The van der Waals surface area contributed by atoms with Crippen molar-refractivity contribution in [2.24, 2.45) is 0 Å². The first-order valence-electron chi connectivity index (χ1n) is 30.1. The van der Waals surface area contributed by atoms with Gasteiger partial charge in [0.1, 0.15) is 73.2 Å². The molecule has 1 amide bonds. The molecule has 12 N–H and O–H groups in total. The molecule has 0 radical (unpaired) electrons. The summed E-state index contributed by atoms with van der Waals surface area (Å²) >= 11 is 0. The van der Waals surface area contributed by atoms with Gasteiger partial charge in [-0.2, -0.15) is 0 Å². The van der Waals surface area contributed by atoms with Crippen LogP contribution in [0.4, 0.5) is 0 Å². The summed E-state index contributed by atoms with van der Waals surface area (Å²) < 4.78 is 34.2. The molecule has 19 nitrogen and oxygen atoms in total. The number of unbranched alkanes of at least 4 members (excludes halogenated alkanes) is 26. The second kappa shape index (κ2) is 42.1. The van der Waals surface area contributed by atoms with Crippen LogP contribution in [0.5, 0.6) is 0 Å². The topological polar surface area (TPSA) is 307 Å². The number of rotatable bonds is 44. The maximum atomic E-state index is 13.3. The second-order valence-electron chi connectivity index (χ2n) is 21.8. The SMILES string of the molecule is CCCCCCCCC/C=C/C(O)C(COC1OC(CO)C(OC2OC(CO)C(OC3OC(CO)C(O)C(O)C3O)C(O)C2O)C(O)C1O)NC(=O)CCCCCCCCCCCCC/C=C\CCCCCCCCCC. The van der Waals surface area contributed by atoms with Crippen molar-refractivity contribution in [3.8, 4) is 0 Å². The molecule has 3 aliphatic rings. The van der Waals surface area contributed by atoms with Gasteiger partial charge in [0.25, 0.3) is 0 Å². The molecule has 0 aromatic carbocycles. The minimum absolute atomic E-state index is 0.244. The van der Waals surface area contributed by atoms with Crippen molar-refractivity contribution in [2.75, 3.05) is 26.4 Å². The Morgan fingerprint density at radius 3 is 1.26 bits per heavy atom. The van der Waals surface area contributed by atoms with Gasteiger partial charge in [-0.05, 0) is 44.9 Å². The maximum Gasteiger partial charge on any atom is 0.220 e. The smallest absolute Gasteiger partial charge is 0.220 e. The molecular formula is C58H107NO18. The average Bonchev–Trinajstić information content (AvgIpc) is 3.43. The first kappa shape index (κ1) is 69.5. The summed E-state index contributed by atoms with van der Waals surface area (Å²) in [5.74, 6) is -0.279. The molecule has 3 aliphatic heterocycles. The van der Waals surface area contributed by atoms with Crippen molar-refractivity contribution in [3.63, 3.8) is 0 Å². The highest BCUT2D eigenvalue weighted by molar-refractivity contribution is 5.76. The molecule has 17 unspecified atom stereocenters. The lowest BCUT2D eigenvalue weighted by atomic mass is 9.96. The molecule has 0 saturated carbocycles. The third-order valence-corrected chi connectivity index (χ3v) is 15.2. The zero-order chi connectivity index (χ0) is 56.2. The first-order chi connectivity index (χ1) is 37.3. The van der Waals surface area contributed by atoms with Crippen LogP contribution in [0.2, 0.25) is 0 Å². The molecule has 3 heterocycles. The van der Waals surface area contributed by atoms with Crippen LogP contribution in [-0.4, -0.2) is 193 Å². The van der Waals surface area contributed by atoms with Gasteiger partial charge >= 0.3 is 0 Å². The molecule has 19 heteroatoms. The number of allylic oxidation sites excluding steroid dienone is 3. The fourth-order valence-electron chi connectivity index (χ4n) is 10.2. The predicted octanol–water partition coefficient (Wildman–Crippen LogP) is 5.15. The molecule has 77 heavy (non-hydrogen) atoms. The van der Waals surface area contributed by atoms with Crippen molar-refractivity contribution in [1.82, 2.24) is 5.32 Å². The lowest BCUT2D eigenvalue weighted by Gasteiger charge is -2.48. The average molecular weight is 1110 g/mol. The summed E-state index contributed by atoms with van der Waals surface area (Å²) in [5.41, 5.74) is 0. The van der Waals surface area contributed by atoms with Gasteiger partial charge in [0.2, 0.25) is 5.91 Å². The Bertz CT molecular complexity index is 1510. The van der Waals surface area contributed by atoms with E-state index in [0.29, 0.717) is 6.42 Å². The molecule has 17 atom stereocenters. The Morgan fingerprint density at radius 1 is 0.455 bits per heavy atom. The van der Waals surface area contributed by atoms with E-state index in [2.05, 4.69) is 31.3 Å². The normalized spacial score (nSPS) is 30.8. The summed E-state index contributed by atoms with van der Waals surface area (Å²) in [5, 5.41) is 120. The zero-order valence-corrected chi connectivity index (χ0v) is 46.9. The fraction of sp³-hybridized carbons (Fsp3) is 0.914. The Balaban J connectivity index is 1.44. The number of hydrogen-bond donors (Lipinski definition) is 12. The minimum Gasteiger partial charge on any atom is -0.394 e. The predicted molar refractivity (Wildman–Crippen MR) is 291 cm³/mol. The van der Waals surface area contributed by atoms with Gasteiger partial charge in [-0.25, -0.2) is 0 Å². The molecule has 452 valence electrons. The van der Waals surface area contributed by atoms with E-state index in [4.69, 9.17) is 28.4 Å². The standard InChI is InChI=1S/C58H107NO18/c1-3-5-7-9-11-13-14-15-16-17-18-19-20-21-22-23-24-25-26-28-30-32-34-36-46(64)59-41(42(63)35-33-31-29-27-12-10-8-6-4-2)40-72-56-52(70)49(67)54(44(38-61)74-56)77-58-53(71)50(68)55(45(39-62)75-58)76-57-51(69)48(66)47(65)43(37-60)73-57/h17-18,33,35,41-45,47-58,60-63,65-71H,3-16,19-32,34,36-40H2,1-2H3,(H,59,64)/b18-17-,35-33+. The van der Waals surface area contributed by atoms with E-state index < -0.39 is 124 Å². The number of aliphatic hydroxyl groups excluding tert-OH is 11. The lowest BCUT2D eigenvalue weighted by molar-refractivity contribution is -0.379. The summed E-state index contributed by atoms with van der Waals surface area (Å²) in [6, 6.07) is -0.968. The van der Waals surface area contributed by atoms with Gasteiger partial charge in [-0.1, -0.05) is 179 Å². The van der Waals surface area contributed by atoms with Gasteiger partial charge in [-0.15, -0.1) is 0 Å². The highest BCUT2D eigenvalue weighted by atomic mass is 16.8. The third kappa shape index (κ3) is 26.4. The molecule has 0 aromatic rings. The monoisotopic (exact) mass is 1110 g/mol. The summed E-state index contributed by atoms with van der Waals surface area (Å²) in [7, 11) is 0. The van der Waals surface area contributed by atoms with Crippen LogP contribution < -0.4 is 5.32 Å². The van der Waals surface area contributed by atoms with Crippen molar-refractivity contribution in [2.45, 2.75) is 311 Å². The van der Waals surface area contributed by atoms with E-state index in [0.717, 1.165) is 44.9 Å². The first-order valence-corrected chi connectivity index (χ1v) is 30.1. The quantitative estimate of drug-likeness (QED) is 0.0277. The van der Waals surface area contributed by atoms with Crippen LogP contribution in [0.3, 0.4) is 0 Å². The van der Waals surface area contributed by atoms with Crippen LogP contribution in [0.25, 0.3) is 0 Å². The van der Waals surface area contributed by atoms with Crippen LogP contribution in [0.15, 0.2) is 24.3 Å². The number of amides is 1. The third-order valence-electron chi connectivity index (χ3n) is 15.2. The maximum absolute atomic E-state index is 13.3. The Labute approximate surface area is 460 Å². The van der Waals surface area contributed by atoms with E-state index in [1.54, 1.807) is 6.08 Å². The molecular weight excluding hydrogens is 999 g/mol. The Morgan fingerprint density at radius 2 is 0.818 bits per heavy atom. The van der Waals surface area contributed by atoms with Gasteiger partial charge in [0.05, 0.1) is 38.6 Å². The molecule has 0 aromatic heterocycles. The van der Waals surface area contributed by atoms with Crippen molar-refractivity contribution in [1.29, 1.82) is 0 Å². The second-order valence-corrected chi connectivity index (χ2v) is 21.8.